The van der Waals surface area contributed by atoms with Gasteiger partial charge in [0.15, 0.2) is 10.8 Å². The first kappa shape index (κ1) is 18.2. The van der Waals surface area contributed by atoms with Crippen LogP contribution < -0.4 is 10.1 Å². The minimum atomic E-state index is -0.0106. The highest BCUT2D eigenvalue weighted by Crippen LogP contribution is 2.24. The molecule has 2 aromatic heterocycles. The van der Waals surface area contributed by atoms with E-state index in [2.05, 4.69) is 22.4 Å². The molecule has 3 rings (SSSR count). The number of hydrogen-bond acceptors (Lipinski definition) is 5. The number of furan rings is 1. The quantitative estimate of drug-likeness (QED) is 0.649. The van der Waals surface area contributed by atoms with Gasteiger partial charge in [0.1, 0.15) is 5.75 Å². The van der Waals surface area contributed by atoms with Crippen LogP contribution in [0.2, 0.25) is 0 Å². The number of methoxy groups -OCH3 is 1. The summed E-state index contributed by atoms with van der Waals surface area (Å²) in [6.45, 7) is 2.02. The fourth-order valence-corrected chi connectivity index (χ4v) is 3.43. The van der Waals surface area contributed by atoms with E-state index >= 15 is 0 Å². The highest BCUT2D eigenvalue weighted by atomic mass is 32.1. The van der Waals surface area contributed by atoms with E-state index in [0.29, 0.717) is 0 Å². The number of aromatic nitrogens is 1. The molecule has 2 heterocycles. The van der Waals surface area contributed by atoms with Gasteiger partial charge < -0.3 is 14.5 Å². The third kappa shape index (κ3) is 4.95. The molecule has 1 aromatic carbocycles. The van der Waals surface area contributed by atoms with E-state index in [1.165, 1.54) is 16.9 Å². The summed E-state index contributed by atoms with van der Waals surface area (Å²) in [7, 11) is 1.66. The lowest BCUT2D eigenvalue weighted by atomic mass is 10.1. The van der Waals surface area contributed by atoms with E-state index in [9.17, 15) is 4.79 Å². The number of carbonyl (C=O) groups excluding carboxylic acids is 1. The lowest BCUT2D eigenvalue weighted by Gasteiger charge is -2.13. The Balaban J connectivity index is 1.45. The molecule has 0 spiro atoms. The maximum atomic E-state index is 12.2. The predicted octanol–water partition coefficient (Wildman–Crippen LogP) is 4.09. The molecule has 0 aliphatic carbocycles. The van der Waals surface area contributed by atoms with E-state index in [4.69, 9.17) is 9.15 Å². The summed E-state index contributed by atoms with van der Waals surface area (Å²) >= 11 is 1.48. The molecule has 6 heteroatoms. The van der Waals surface area contributed by atoms with Gasteiger partial charge in [-0.05, 0) is 49.6 Å². The number of aryl methyl sites for hydroxylation is 1. The van der Waals surface area contributed by atoms with Crippen LogP contribution in [0.5, 0.6) is 5.75 Å². The molecule has 0 bridgehead atoms. The highest BCUT2D eigenvalue weighted by Gasteiger charge is 2.12. The molecule has 0 aliphatic rings. The molecule has 1 amide bonds. The van der Waals surface area contributed by atoms with Crippen molar-refractivity contribution in [2.24, 2.45) is 0 Å². The van der Waals surface area contributed by atoms with Crippen LogP contribution in [0.15, 0.2) is 52.5 Å². The first-order valence-electron chi connectivity index (χ1n) is 8.54. The second-order valence-corrected chi connectivity index (χ2v) is 7.01. The number of rotatable bonds is 8. The second-order valence-electron chi connectivity index (χ2n) is 6.15. The molecule has 1 unspecified atom stereocenters. The van der Waals surface area contributed by atoms with Gasteiger partial charge in [0.2, 0.25) is 5.91 Å². The number of benzene rings is 1. The Hall–Kier alpha value is -2.60. The zero-order chi connectivity index (χ0) is 18.4. The van der Waals surface area contributed by atoms with Gasteiger partial charge in [-0.2, -0.15) is 0 Å². The number of amides is 1. The van der Waals surface area contributed by atoms with Crippen molar-refractivity contribution in [2.45, 2.75) is 32.2 Å². The maximum Gasteiger partial charge on any atom is 0.226 e. The van der Waals surface area contributed by atoms with Crippen molar-refractivity contribution in [3.8, 4) is 16.5 Å². The molecule has 1 N–H and O–H groups in total. The lowest BCUT2D eigenvalue weighted by molar-refractivity contribution is -0.121. The van der Waals surface area contributed by atoms with Gasteiger partial charge in [-0.3, -0.25) is 4.79 Å². The average Bonchev–Trinajstić information content (AvgIpc) is 3.32. The van der Waals surface area contributed by atoms with Crippen LogP contribution in [0, 0.1) is 0 Å². The monoisotopic (exact) mass is 370 g/mol. The molecular weight excluding hydrogens is 348 g/mol. The SMILES string of the molecule is COc1ccc(CCC(C)NC(=O)Cc2csc(-c3ccco3)n2)cc1. The van der Waals surface area contributed by atoms with Gasteiger partial charge in [0.25, 0.3) is 0 Å². The Bertz CT molecular complexity index is 825. The van der Waals surface area contributed by atoms with Crippen LogP contribution in [0.4, 0.5) is 0 Å². The van der Waals surface area contributed by atoms with Gasteiger partial charge in [-0.15, -0.1) is 11.3 Å². The molecule has 0 radical (unpaired) electrons. The number of nitrogens with zero attached hydrogens (tertiary/aromatic N) is 1. The van der Waals surface area contributed by atoms with Crippen molar-refractivity contribution in [1.82, 2.24) is 10.3 Å². The molecule has 0 fully saturated rings. The molecule has 136 valence electrons. The van der Waals surface area contributed by atoms with Gasteiger partial charge in [-0.1, -0.05) is 12.1 Å². The highest BCUT2D eigenvalue weighted by molar-refractivity contribution is 7.13. The number of ether oxygens (including phenoxy) is 1. The van der Waals surface area contributed by atoms with Crippen molar-refractivity contribution < 1.29 is 13.9 Å². The van der Waals surface area contributed by atoms with E-state index in [0.717, 1.165) is 35.1 Å². The smallest absolute Gasteiger partial charge is 0.226 e. The summed E-state index contributed by atoms with van der Waals surface area (Å²) in [5.74, 6) is 1.57. The number of hydrogen-bond donors (Lipinski definition) is 1. The summed E-state index contributed by atoms with van der Waals surface area (Å²) in [6.07, 6.45) is 3.69. The number of nitrogens with one attached hydrogen (secondary N) is 1. The van der Waals surface area contributed by atoms with E-state index < -0.39 is 0 Å². The largest absolute Gasteiger partial charge is 0.497 e. The van der Waals surface area contributed by atoms with Crippen LogP contribution in [-0.4, -0.2) is 24.0 Å². The summed E-state index contributed by atoms with van der Waals surface area (Å²) in [5.41, 5.74) is 2.00. The Morgan fingerprint density at radius 1 is 1.31 bits per heavy atom. The van der Waals surface area contributed by atoms with E-state index in [1.807, 2.05) is 36.6 Å². The molecule has 26 heavy (non-hydrogen) atoms. The first-order chi connectivity index (χ1) is 12.6. The van der Waals surface area contributed by atoms with E-state index in [1.54, 1.807) is 13.4 Å². The molecule has 0 aliphatic heterocycles. The zero-order valence-corrected chi connectivity index (χ0v) is 15.7. The molecule has 0 saturated heterocycles. The first-order valence-corrected chi connectivity index (χ1v) is 9.42. The van der Waals surface area contributed by atoms with Crippen LogP contribution >= 0.6 is 11.3 Å². The topological polar surface area (TPSA) is 64.4 Å². The fourth-order valence-electron chi connectivity index (χ4n) is 2.64. The van der Waals surface area contributed by atoms with Crippen molar-refractivity contribution >= 4 is 17.2 Å². The third-order valence-corrected chi connectivity index (χ3v) is 4.96. The van der Waals surface area contributed by atoms with Crippen LogP contribution in [0.1, 0.15) is 24.6 Å². The molecule has 3 aromatic rings. The minimum absolute atomic E-state index is 0.0106. The summed E-state index contributed by atoms with van der Waals surface area (Å²) in [4.78, 5) is 16.7. The molecule has 1 atom stereocenters. The predicted molar refractivity (Wildman–Crippen MR) is 102 cm³/mol. The second kappa shape index (κ2) is 8.67. The standard InChI is InChI=1S/C20H22N2O3S/c1-14(5-6-15-7-9-17(24-2)10-8-15)21-19(23)12-16-13-26-20(22-16)18-4-3-11-25-18/h3-4,7-11,13-14H,5-6,12H2,1-2H3,(H,21,23). The average molecular weight is 370 g/mol. The Labute approximate surface area is 157 Å². The van der Waals surface area contributed by atoms with Crippen molar-refractivity contribution in [2.75, 3.05) is 7.11 Å². The minimum Gasteiger partial charge on any atom is -0.497 e. The molecule has 5 nitrogen and oxygen atoms in total. The van der Waals surface area contributed by atoms with Crippen LogP contribution in [0.3, 0.4) is 0 Å². The zero-order valence-electron chi connectivity index (χ0n) is 14.9. The third-order valence-electron chi connectivity index (χ3n) is 4.06. The molecular formula is C20H22N2O3S. The van der Waals surface area contributed by atoms with Crippen LogP contribution in [0.25, 0.3) is 10.8 Å². The Morgan fingerprint density at radius 2 is 2.12 bits per heavy atom. The number of carbonyl (C=O) groups is 1. The van der Waals surface area contributed by atoms with Crippen LogP contribution in [-0.2, 0) is 17.6 Å². The summed E-state index contributed by atoms with van der Waals surface area (Å²) < 4.78 is 10.5. The van der Waals surface area contributed by atoms with Gasteiger partial charge in [0.05, 0.1) is 25.5 Å². The molecule has 0 saturated carbocycles. The van der Waals surface area contributed by atoms with Gasteiger partial charge >= 0.3 is 0 Å². The maximum absolute atomic E-state index is 12.2. The van der Waals surface area contributed by atoms with E-state index in [-0.39, 0.29) is 18.4 Å². The summed E-state index contributed by atoms with van der Waals surface area (Å²) in [5, 5.41) is 5.74. The Morgan fingerprint density at radius 3 is 2.81 bits per heavy atom. The normalized spacial score (nSPS) is 11.9. The lowest BCUT2D eigenvalue weighted by Crippen LogP contribution is -2.34. The van der Waals surface area contributed by atoms with Gasteiger partial charge in [0, 0.05) is 11.4 Å². The Kier molecular flexibility index (Phi) is 6.07. The van der Waals surface area contributed by atoms with Crippen molar-refractivity contribution in [1.29, 1.82) is 0 Å². The van der Waals surface area contributed by atoms with Crippen molar-refractivity contribution in [3.63, 3.8) is 0 Å². The fraction of sp³-hybridized carbons (Fsp3) is 0.300. The summed E-state index contributed by atoms with van der Waals surface area (Å²) in [6, 6.07) is 11.8. The van der Waals surface area contributed by atoms with Crippen molar-refractivity contribution in [3.05, 3.63) is 59.3 Å². The van der Waals surface area contributed by atoms with Gasteiger partial charge in [-0.25, -0.2) is 4.98 Å². The number of thiazole rings is 1.